The van der Waals surface area contributed by atoms with E-state index >= 15 is 0 Å². The van der Waals surface area contributed by atoms with E-state index in [-0.39, 0.29) is 12.1 Å². The van der Waals surface area contributed by atoms with E-state index in [0.717, 1.165) is 11.3 Å². The molecule has 0 aliphatic carbocycles. The van der Waals surface area contributed by atoms with E-state index in [2.05, 4.69) is 6.07 Å². The van der Waals surface area contributed by atoms with Gasteiger partial charge in [-0.1, -0.05) is 6.07 Å². The molecule has 3 nitrogen and oxygen atoms in total. The zero-order valence-electron chi connectivity index (χ0n) is 10.3. The third kappa shape index (κ3) is 2.34. The molecule has 0 saturated carbocycles. The number of likely N-dealkylation sites (N-methyl/N-ethyl adjacent to an activating group) is 1. The van der Waals surface area contributed by atoms with Gasteiger partial charge in [-0.15, -0.1) is 0 Å². The Morgan fingerprint density at radius 1 is 1.44 bits per heavy atom. The van der Waals surface area contributed by atoms with Crippen molar-refractivity contribution in [2.45, 2.75) is 26.3 Å². The van der Waals surface area contributed by atoms with Crippen LogP contribution in [0.15, 0.2) is 18.2 Å². The van der Waals surface area contributed by atoms with Crippen LogP contribution in [0.3, 0.4) is 0 Å². The first kappa shape index (κ1) is 12.5. The van der Waals surface area contributed by atoms with Crippen molar-refractivity contribution in [1.82, 2.24) is 0 Å². The number of nitrogens with zero attached hydrogens (tertiary/aromatic N) is 2. The van der Waals surface area contributed by atoms with E-state index in [1.807, 2.05) is 50.9 Å². The number of hydrogen-bond donors (Lipinski definition) is 1. The van der Waals surface area contributed by atoms with Crippen LogP contribution in [0.25, 0.3) is 0 Å². The molecule has 86 valence electrons. The van der Waals surface area contributed by atoms with E-state index in [1.54, 1.807) is 0 Å². The molecule has 1 aromatic carbocycles. The first-order valence-corrected chi connectivity index (χ1v) is 5.28. The fourth-order valence-electron chi connectivity index (χ4n) is 1.46. The molecule has 0 fully saturated rings. The van der Waals surface area contributed by atoms with Crippen molar-refractivity contribution in [3.05, 3.63) is 29.3 Å². The largest absolute Gasteiger partial charge is 0.394 e. The lowest BCUT2D eigenvalue weighted by atomic mass is 10.0. The van der Waals surface area contributed by atoms with Gasteiger partial charge in [-0.2, -0.15) is 5.26 Å². The minimum Gasteiger partial charge on any atom is -0.394 e. The van der Waals surface area contributed by atoms with Gasteiger partial charge in [0.1, 0.15) is 6.07 Å². The third-order valence-electron chi connectivity index (χ3n) is 2.93. The highest BCUT2D eigenvalue weighted by Gasteiger charge is 2.24. The summed E-state index contributed by atoms with van der Waals surface area (Å²) < 4.78 is 0. The van der Waals surface area contributed by atoms with Gasteiger partial charge in [-0.05, 0) is 38.5 Å². The lowest BCUT2D eigenvalue weighted by molar-refractivity contribution is 0.216. The fourth-order valence-corrected chi connectivity index (χ4v) is 1.46. The van der Waals surface area contributed by atoms with Crippen molar-refractivity contribution < 1.29 is 5.11 Å². The Bertz CT molecular complexity index is 418. The van der Waals surface area contributed by atoms with Gasteiger partial charge < -0.3 is 10.0 Å². The second-order valence-corrected chi connectivity index (χ2v) is 4.66. The molecular weight excluding hydrogens is 200 g/mol. The Labute approximate surface area is 96.9 Å². The molecule has 1 aromatic rings. The van der Waals surface area contributed by atoms with Crippen LogP contribution in [0, 0.1) is 18.3 Å². The number of aliphatic hydroxyl groups is 1. The molecule has 1 N–H and O–H groups in total. The Kier molecular flexibility index (Phi) is 3.56. The molecule has 0 bridgehead atoms. The first-order valence-electron chi connectivity index (χ1n) is 5.28. The zero-order chi connectivity index (χ0) is 12.3. The maximum atomic E-state index is 9.32. The Balaban J connectivity index is 3.19. The standard InChI is InChI=1S/C13H18N2O/c1-10-5-6-12(11(7-10)8-14)15(4)13(2,3)9-16/h5-7,16H,9H2,1-4H3. The van der Waals surface area contributed by atoms with Crippen LogP contribution >= 0.6 is 0 Å². The molecule has 0 unspecified atom stereocenters. The molecule has 0 aliphatic rings. The van der Waals surface area contributed by atoms with Crippen molar-refractivity contribution in [3.8, 4) is 6.07 Å². The molecule has 0 atom stereocenters. The van der Waals surface area contributed by atoms with Gasteiger partial charge in [-0.3, -0.25) is 0 Å². The maximum Gasteiger partial charge on any atom is 0.101 e. The molecule has 0 radical (unpaired) electrons. The summed E-state index contributed by atoms with van der Waals surface area (Å²) in [5, 5.41) is 18.4. The summed E-state index contributed by atoms with van der Waals surface area (Å²) in [6.45, 7) is 5.88. The van der Waals surface area contributed by atoms with Gasteiger partial charge in [0.25, 0.3) is 0 Å². The molecule has 1 rings (SSSR count). The van der Waals surface area contributed by atoms with Crippen LogP contribution in [-0.4, -0.2) is 24.3 Å². The Hall–Kier alpha value is -1.53. The van der Waals surface area contributed by atoms with Crippen LogP contribution in [0.5, 0.6) is 0 Å². The summed E-state index contributed by atoms with van der Waals surface area (Å²) in [7, 11) is 1.89. The number of anilines is 1. The number of aryl methyl sites for hydroxylation is 1. The van der Waals surface area contributed by atoms with Gasteiger partial charge in [0.15, 0.2) is 0 Å². The Morgan fingerprint density at radius 3 is 2.56 bits per heavy atom. The summed E-state index contributed by atoms with van der Waals surface area (Å²) in [6, 6.07) is 7.94. The second kappa shape index (κ2) is 4.54. The smallest absolute Gasteiger partial charge is 0.101 e. The third-order valence-corrected chi connectivity index (χ3v) is 2.93. The summed E-state index contributed by atoms with van der Waals surface area (Å²) in [4.78, 5) is 1.94. The van der Waals surface area contributed by atoms with Crippen LogP contribution in [0.2, 0.25) is 0 Å². The predicted octanol–water partition coefficient (Wildman–Crippen LogP) is 2.07. The molecule has 0 aromatic heterocycles. The van der Waals surface area contributed by atoms with Crippen molar-refractivity contribution in [3.63, 3.8) is 0 Å². The fraction of sp³-hybridized carbons (Fsp3) is 0.462. The number of hydrogen-bond acceptors (Lipinski definition) is 3. The van der Waals surface area contributed by atoms with E-state index in [9.17, 15) is 5.11 Å². The lowest BCUT2D eigenvalue weighted by Crippen LogP contribution is -2.44. The highest BCUT2D eigenvalue weighted by molar-refractivity contribution is 5.61. The average Bonchev–Trinajstić information content (AvgIpc) is 2.27. The molecule has 3 heteroatoms. The minimum absolute atomic E-state index is 0.0439. The highest BCUT2D eigenvalue weighted by atomic mass is 16.3. The average molecular weight is 218 g/mol. The maximum absolute atomic E-state index is 9.32. The van der Waals surface area contributed by atoms with Gasteiger partial charge in [0, 0.05) is 7.05 Å². The number of aliphatic hydroxyl groups excluding tert-OH is 1. The summed E-state index contributed by atoms with van der Waals surface area (Å²) in [6.07, 6.45) is 0. The predicted molar refractivity (Wildman–Crippen MR) is 65.5 cm³/mol. The van der Waals surface area contributed by atoms with Crippen LogP contribution in [0.1, 0.15) is 25.0 Å². The number of nitriles is 1. The second-order valence-electron chi connectivity index (χ2n) is 4.66. The van der Waals surface area contributed by atoms with Gasteiger partial charge in [-0.25, -0.2) is 0 Å². The number of rotatable bonds is 3. The summed E-state index contributed by atoms with van der Waals surface area (Å²) >= 11 is 0. The molecule has 16 heavy (non-hydrogen) atoms. The molecule has 0 aliphatic heterocycles. The van der Waals surface area contributed by atoms with Crippen LogP contribution in [0.4, 0.5) is 5.69 Å². The first-order chi connectivity index (χ1) is 7.42. The normalized spacial score (nSPS) is 11.0. The van der Waals surface area contributed by atoms with E-state index in [4.69, 9.17) is 5.26 Å². The monoisotopic (exact) mass is 218 g/mol. The quantitative estimate of drug-likeness (QED) is 0.845. The SMILES string of the molecule is Cc1ccc(N(C)C(C)(C)CO)c(C#N)c1. The summed E-state index contributed by atoms with van der Waals surface area (Å²) in [5.41, 5.74) is 2.19. The lowest BCUT2D eigenvalue weighted by Gasteiger charge is -2.36. The summed E-state index contributed by atoms with van der Waals surface area (Å²) in [5.74, 6) is 0. The minimum atomic E-state index is -0.374. The molecular formula is C13H18N2O. The van der Waals surface area contributed by atoms with Gasteiger partial charge in [0.05, 0.1) is 23.4 Å². The molecule has 0 spiro atoms. The van der Waals surface area contributed by atoms with Crippen LogP contribution in [-0.2, 0) is 0 Å². The van der Waals surface area contributed by atoms with Crippen molar-refractivity contribution in [2.24, 2.45) is 0 Å². The van der Waals surface area contributed by atoms with Gasteiger partial charge in [0.2, 0.25) is 0 Å². The molecule has 0 amide bonds. The Morgan fingerprint density at radius 2 is 2.06 bits per heavy atom. The molecule has 0 saturated heterocycles. The van der Waals surface area contributed by atoms with E-state index < -0.39 is 0 Å². The van der Waals surface area contributed by atoms with E-state index in [0.29, 0.717) is 5.56 Å². The zero-order valence-corrected chi connectivity index (χ0v) is 10.3. The van der Waals surface area contributed by atoms with Gasteiger partial charge >= 0.3 is 0 Å². The van der Waals surface area contributed by atoms with Crippen molar-refractivity contribution in [2.75, 3.05) is 18.6 Å². The number of benzene rings is 1. The van der Waals surface area contributed by atoms with E-state index in [1.165, 1.54) is 0 Å². The highest BCUT2D eigenvalue weighted by Crippen LogP contribution is 2.26. The topological polar surface area (TPSA) is 47.3 Å². The van der Waals surface area contributed by atoms with Crippen molar-refractivity contribution >= 4 is 5.69 Å². The van der Waals surface area contributed by atoms with Crippen LogP contribution < -0.4 is 4.90 Å². The van der Waals surface area contributed by atoms with Crippen molar-refractivity contribution in [1.29, 1.82) is 5.26 Å². The molecule has 0 heterocycles.